The minimum Gasteiger partial charge on any atom is -0.456 e. The van der Waals surface area contributed by atoms with E-state index in [4.69, 9.17) is 24.4 Å². The molecule has 0 fully saturated rings. The number of rotatable bonds is 6. The minimum absolute atomic E-state index is 0.596. The summed E-state index contributed by atoms with van der Waals surface area (Å²) in [7, 11) is 0. The summed E-state index contributed by atoms with van der Waals surface area (Å²) in [5.41, 5.74) is 11.8. The quantitative estimate of drug-likeness (QED) is 0.156. The van der Waals surface area contributed by atoms with E-state index in [0.29, 0.717) is 17.5 Å². The molecular weight excluding hydrogens is 793 g/mol. The standard InChI is InChI=1S/C60H36N4O/c1-2-14-37(15-3-1)38-28-30-41(31-29-38)54-55-48-22-8-10-26-51(48)61-57(50(55)36-53-56(54)49-23-9-11-27-52(49)65-53)42-32-34-43(35-33-42)58-62-59(46-24-12-18-39-16-4-6-20-44(39)46)64-60(63-58)47-25-13-19-40-17-5-7-21-45(40)47/h1-36H. The van der Waals surface area contributed by atoms with Crippen LogP contribution in [0.5, 0.6) is 0 Å². The molecule has 302 valence electrons. The fourth-order valence-electron chi connectivity index (χ4n) is 9.65. The van der Waals surface area contributed by atoms with Crippen LogP contribution < -0.4 is 0 Å². The second-order valence-electron chi connectivity index (χ2n) is 16.5. The molecule has 3 aromatic heterocycles. The van der Waals surface area contributed by atoms with Crippen molar-refractivity contribution in [3.8, 4) is 67.7 Å². The Labute approximate surface area is 374 Å². The Morgan fingerprint density at radius 3 is 1.49 bits per heavy atom. The van der Waals surface area contributed by atoms with Gasteiger partial charge >= 0.3 is 0 Å². The zero-order valence-corrected chi connectivity index (χ0v) is 35.0. The van der Waals surface area contributed by atoms with Crippen molar-refractivity contribution in [1.29, 1.82) is 0 Å². The van der Waals surface area contributed by atoms with Gasteiger partial charge in [0, 0.05) is 54.7 Å². The highest BCUT2D eigenvalue weighted by atomic mass is 16.3. The second-order valence-corrected chi connectivity index (χ2v) is 16.5. The van der Waals surface area contributed by atoms with E-state index in [-0.39, 0.29) is 0 Å². The summed E-state index contributed by atoms with van der Waals surface area (Å²) >= 11 is 0. The van der Waals surface area contributed by atoms with E-state index < -0.39 is 0 Å². The Morgan fingerprint density at radius 2 is 0.800 bits per heavy atom. The molecule has 5 heteroatoms. The molecule has 0 spiro atoms. The van der Waals surface area contributed by atoms with Crippen molar-refractivity contribution in [2.24, 2.45) is 0 Å². The van der Waals surface area contributed by atoms with Crippen molar-refractivity contribution in [2.75, 3.05) is 0 Å². The van der Waals surface area contributed by atoms with Crippen LogP contribution in [-0.4, -0.2) is 19.9 Å². The van der Waals surface area contributed by atoms with Gasteiger partial charge in [-0.05, 0) is 56.4 Å². The predicted molar refractivity (Wildman–Crippen MR) is 268 cm³/mol. The zero-order valence-electron chi connectivity index (χ0n) is 35.0. The summed E-state index contributed by atoms with van der Waals surface area (Å²) in [5.74, 6) is 1.85. The predicted octanol–water partition coefficient (Wildman–Crippen LogP) is 15.8. The van der Waals surface area contributed by atoms with Crippen LogP contribution in [0.1, 0.15) is 0 Å². The summed E-state index contributed by atoms with van der Waals surface area (Å²) in [5, 5.41) is 9.86. The average molecular weight is 829 g/mol. The van der Waals surface area contributed by atoms with E-state index >= 15 is 0 Å². The van der Waals surface area contributed by atoms with Gasteiger partial charge < -0.3 is 4.42 Å². The Bertz CT molecular complexity index is 3880. The highest BCUT2D eigenvalue weighted by molar-refractivity contribution is 6.27. The van der Waals surface area contributed by atoms with E-state index in [0.717, 1.165) is 104 Å². The lowest BCUT2D eigenvalue weighted by Crippen LogP contribution is -2.01. The molecule has 0 aliphatic heterocycles. The SMILES string of the molecule is c1ccc(-c2ccc(-c3c4c(cc5c(-c6ccc(-c7nc(-c8cccc9ccccc89)nc(-c8cccc9ccccc89)n7)cc6)nc6ccccc6c35)oc3ccccc34)cc2)cc1. The van der Waals surface area contributed by atoms with Gasteiger partial charge in [0.1, 0.15) is 11.2 Å². The Hall–Kier alpha value is -8.80. The molecule has 0 bridgehead atoms. The number of furan rings is 1. The number of hydrogen-bond acceptors (Lipinski definition) is 5. The molecule has 0 N–H and O–H groups in total. The van der Waals surface area contributed by atoms with Crippen molar-refractivity contribution in [1.82, 2.24) is 19.9 Å². The van der Waals surface area contributed by atoms with Crippen LogP contribution >= 0.6 is 0 Å². The normalized spacial score (nSPS) is 11.7. The van der Waals surface area contributed by atoms with Crippen LogP contribution in [0.25, 0.3) is 133 Å². The molecule has 0 saturated heterocycles. The van der Waals surface area contributed by atoms with Crippen molar-refractivity contribution >= 4 is 65.2 Å². The Balaban J connectivity index is 1.01. The lowest BCUT2D eigenvalue weighted by atomic mass is 9.89. The van der Waals surface area contributed by atoms with E-state index in [2.05, 4.69) is 212 Å². The summed E-state index contributed by atoms with van der Waals surface area (Å²) in [6.07, 6.45) is 0. The molecule has 0 atom stereocenters. The molecule has 0 saturated carbocycles. The molecule has 0 aliphatic carbocycles. The molecular formula is C60H36N4O. The molecule has 5 nitrogen and oxygen atoms in total. The number of pyridine rings is 1. The first kappa shape index (κ1) is 36.8. The van der Waals surface area contributed by atoms with Gasteiger partial charge in [-0.15, -0.1) is 0 Å². The van der Waals surface area contributed by atoms with Gasteiger partial charge in [-0.2, -0.15) is 0 Å². The van der Waals surface area contributed by atoms with Crippen LogP contribution in [0.3, 0.4) is 0 Å². The summed E-state index contributed by atoms with van der Waals surface area (Å²) in [6, 6.07) is 76.3. The van der Waals surface area contributed by atoms with Crippen LogP contribution in [-0.2, 0) is 0 Å². The van der Waals surface area contributed by atoms with E-state index in [1.54, 1.807) is 0 Å². The molecule has 0 amide bonds. The topological polar surface area (TPSA) is 64.7 Å². The van der Waals surface area contributed by atoms with Crippen molar-refractivity contribution in [3.63, 3.8) is 0 Å². The maximum absolute atomic E-state index is 6.69. The largest absolute Gasteiger partial charge is 0.456 e. The number of fused-ring (bicyclic) bond motifs is 8. The van der Waals surface area contributed by atoms with Crippen molar-refractivity contribution in [3.05, 3.63) is 218 Å². The third-order valence-electron chi connectivity index (χ3n) is 12.7. The molecule has 13 aromatic rings. The Kier molecular flexibility index (Phi) is 8.46. The van der Waals surface area contributed by atoms with Crippen LogP contribution in [0.4, 0.5) is 0 Å². The van der Waals surface area contributed by atoms with Gasteiger partial charge in [0.15, 0.2) is 17.5 Å². The Morgan fingerprint density at radius 1 is 0.292 bits per heavy atom. The average Bonchev–Trinajstić information content (AvgIpc) is 3.76. The molecule has 10 aromatic carbocycles. The minimum atomic E-state index is 0.596. The summed E-state index contributed by atoms with van der Waals surface area (Å²) in [6.45, 7) is 0. The third-order valence-corrected chi connectivity index (χ3v) is 12.7. The second kappa shape index (κ2) is 14.9. The molecule has 0 radical (unpaired) electrons. The smallest absolute Gasteiger partial charge is 0.164 e. The zero-order chi connectivity index (χ0) is 42.8. The first-order chi connectivity index (χ1) is 32.2. The number of para-hydroxylation sites is 2. The number of nitrogens with zero attached hydrogens (tertiary/aromatic N) is 4. The summed E-state index contributed by atoms with van der Waals surface area (Å²) in [4.78, 5) is 21.0. The number of hydrogen-bond donors (Lipinski definition) is 0. The number of aromatic nitrogens is 4. The van der Waals surface area contributed by atoms with Crippen LogP contribution in [0.15, 0.2) is 223 Å². The first-order valence-corrected chi connectivity index (χ1v) is 21.9. The van der Waals surface area contributed by atoms with Gasteiger partial charge in [-0.25, -0.2) is 19.9 Å². The highest BCUT2D eigenvalue weighted by Crippen LogP contribution is 2.47. The maximum Gasteiger partial charge on any atom is 0.164 e. The lowest BCUT2D eigenvalue weighted by Gasteiger charge is -2.16. The molecule has 3 heterocycles. The van der Waals surface area contributed by atoms with Crippen molar-refractivity contribution in [2.45, 2.75) is 0 Å². The van der Waals surface area contributed by atoms with E-state index in [1.165, 1.54) is 11.1 Å². The molecule has 0 unspecified atom stereocenters. The summed E-state index contributed by atoms with van der Waals surface area (Å²) < 4.78 is 6.69. The fraction of sp³-hybridized carbons (Fsp3) is 0. The van der Waals surface area contributed by atoms with Crippen molar-refractivity contribution < 1.29 is 4.42 Å². The van der Waals surface area contributed by atoms with Gasteiger partial charge in [-0.3, -0.25) is 0 Å². The van der Waals surface area contributed by atoms with Crippen LogP contribution in [0.2, 0.25) is 0 Å². The molecule has 0 aliphatic rings. The fourth-order valence-corrected chi connectivity index (χ4v) is 9.65. The van der Waals surface area contributed by atoms with Gasteiger partial charge in [0.2, 0.25) is 0 Å². The molecule has 65 heavy (non-hydrogen) atoms. The van der Waals surface area contributed by atoms with Gasteiger partial charge in [0.25, 0.3) is 0 Å². The monoisotopic (exact) mass is 828 g/mol. The van der Waals surface area contributed by atoms with E-state index in [9.17, 15) is 0 Å². The van der Waals surface area contributed by atoms with Crippen LogP contribution in [0, 0.1) is 0 Å². The first-order valence-electron chi connectivity index (χ1n) is 21.9. The van der Waals surface area contributed by atoms with E-state index in [1.807, 2.05) is 6.07 Å². The maximum atomic E-state index is 6.69. The highest BCUT2D eigenvalue weighted by Gasteiger charge is 2.22. The third kappa shape index (κ3) is 6.16. The van der Waals surface area contributed by atoms with Gasteiger partial charge in [-0.1, -0.05) is 200 Å². The molecule has 13 rings (SSSR count). The lowest BCUT2D eigenvalue weighted by molar-refractivity contribution is 0.669. The van der Waals surface area contributed by atoms with Gasteiger partial charge in [0.05, 0.1) is 11.2 Å². The number of benzene rings is 10.